The maximum Gasteiger partial charge on any atom is 0.310 e. The zero-order chi connectivity index (χ0) is 18.2. The fourth-order valence-electron chi connectivity index (χ4n) is 1.94. The average Bonchev–Trinajstić information content (AvgIpc) is 2.61. The number of ether oxygens (including phenoxy) is 5. The Labute approximate surface area is 149 Å². The molecule has 1 aromatic rings. The van der Waals surface area contributed by atoms with E-state index in [0.717, 1.165) is 5.56 Å². The van der Waals surface area contributed by atoms with Crippen molar-refractivity contribution in [2.45, 2.75) is 13.3 Å². The molecular formula is C19H26O6. The number of para-hydroxylation sites is 1. The van der Waals surface area contributed by atoms with Crippen molar-refractivity contribution in [3.05, 3.63) is 29.8 Å². The molecule has 25 heavy (non-hydrogen) atoms. The zero-order valence-corrected chi connectivity index (χ0v) is 14.7. The highest BCUT2D eigenvalue weighted by molar-refractivity contribution is 5.73. The van der Waals surface area contributed by atoms with Gasteiger partial charge < -0.3 is 23.7 Å². The summed E-state index contributed by atoms with van der Waals surface area (Å²) in [6.07, 6.45) is 5.25. The van der Waals surface area contributed by atoms with Crippen molar-refractivity contribution in [1.29, 1.82) is 0 Å². The Kier molecular flexibility index (Phi) is 12.0. The van der Waals surface area contributed by atoms with E-state index in [1.54, 1.807) is 6.92 Å². The number of carbonyl (C=O) groups excluding carboxylic acids is 1. The van der Waals surface area contributed by atoms with Gasteiger partial charge in [-0.15, -0.1) is 6.42 Å². The molecule has 0 radical (unpaired) electrons. The molecule has 0 saturated carbocycles. The van der Waals surface area contributed by atoms with Gasteiger partial charge in [0.05, 0.1) is 46.1 Å². The molecule has 0 aliphatic rings. The molecule has 0 atom stereocenters. The molecule has 1 rings (SSSR count). The smallest absolute Gasteiger partial charge is 0.310 e. The molecule has 138 valence electrons. The highest BCUT2D eigenvalue weighted by atomic mass is 16.6. The summed E-state index contributed by atoms with van der Waals surface area (Å²) in [5, 5.41) is 0. The lowest BCUT2D eigenvalue weighted by Crippen LogP contribution is -2.14. The van der Waals surface area contributed by atoms with Crippen LogP contribution in [0.2, 0.25) is 0 Å². The Morgan fingerprint density at radius 3 is 2.32 bits per heavy atom. The molecule has 0 amide bonds. The third-order valence-electron chi connectivity index (χ3n) is 3.03. The summed E-state index contributed by atoms with van der Waals surface area (Å²) in [6.45, 7) is 5.21. The van der Waals surface area contributed by atoms with Crippen LogP contribution in [0, 0.1) is 12.3 Å². The van der Waals surface area contributed by atoms with Gasteiger partial charge in [0.1, 0.15) is 19.0 Å². The van der Waals surface area contributed by atoms with Gasteiger partial charge in [-0.1, -0.05) is 24.1 Å². The standard InChI is InChI=1S/C19H26O6/c1-3-9-21-10-11-22-12-13-23-14-15-25-18-8-6-5-7-17(18)16-19(20)24-4-2/h1,5-8H,4,9-16H2,2H3. The second kappa shape index (κ2) is 14.3. The van der Waals surface area contributed by atoms with Crippen molar-refractivity contribution in [3.8, 4) is 18.1 Å². The molecule has 6 nitrogen and oxygen atoms in total. The first-order valence-electron chi connectivity index (χ1n) is 8.31. The van der Waals surface area contributed by atoms with Gasteiger partial charge in [0, 0.05) is 5.56 Å². The Bertz CT molecular complexity index is 523. The van der Waals surface area contributed by atoms with Crippen molar-refractivity contribution < 1.29 is 28.5 Å². The van der Waals surface area contributed by atoms with Crippen molar-refractivity contribution in [3.63, 3.8) is 0 Å². The molecule has 0 N–H and O–H groups in total. The van der Waals surface area contributed by atoms with Gasteiger partial charge >= 0.3 is 5.97 Å². The van der Waals surface area contributed by atoms with E-state index in [4.69, 9.17) is 30.1 Å². The van der Waals surface area contributed by atoms with Crippen molar-refractivity contribution in [1.82, 2.24) is 0 Å². The number of carbonyl (C=O) groups is 1. The van der Waals surface area contributed by atoms with Crippen LogP contribution in [0.5, 0.6) is 5.75 Å². The van der Waals surface area contributed by atoms with E-state index >= 15 is 0 Å². The van der Waals surface area contributed by atoms with Gasteiger partial charge in [0.25, 0.3) is 0 Å². The highest BCUT2D eigenvalue weighted by Crippen LogP contribution is 2.18. The molecule has 0 spiro atoms. The minimum Gasteiger partial charge on any atom is -0.491 e. The maximum atomic E-state index is 11.6. The Morgan fingerprint density at radius 1 is 1.00 bits per heavy atom. The lowest BCUT2D eigenvalue weighted by molar-refractivity contribution is -0.142. The lowest BCUT2D eigenvalue weighted by atomic mass is 10.1. The first-order valence-corrected chi connectivity index (χ1v) is 8.31. The molecule has 1 aromatic carbocycles. The molecule has 0 aliphatic carbocycles. The minimum absolute atomic E-state index is 0.195. The summed E-state index contributed by atoms with van der Waals surface area (Å²) in [6, 6.07) is 7.40. The van der Waals surface area contributed by atoms with Crippen LogP contribution in [0.15, 0.2) is 24.3 Å². The summed E-state index contributed by atoms with van der Waals surface area (Å²) in [4.78, 5) is 11.6. The number of hydrogen-bond acceptors (Lipinski definition) is 6. The van der Waals surface area contributed by atoms with Gasteiger partial charge in [-0.2, -0.15) is 0 Å². The molecule has 0 aromatic heterocycles. The van der Waals surface area contributed by atoms with Crippen LogP contribution in [-0.4, -0.2) is 58.8 Å². The molecule has 0 unspecified atom stereocenters. The predicted octanol–water partition coefficient (Wildman–Crippen LogP) is 1.85. The fraction of sp³-hybridized carbons (Fsp3) is 0.526. The lowest BCUT2D eigenvalue weighted by Gasteiger charge is -2.11. The van der Waals surface area contributed by atoms with Gasteiger partial charge in [-0.3, -0.25) is 4.79 Å². The molecular weight excluding hydrogens is 324 g/mol. The number of rotatable bonds is 14. The van der Waals surface area contributed by atoms with Gasteiger partial charge in [0.15, 0.2) is 0 Å². The van der Waals surface area contributed by atoms with E-state index in [-0.39, 0.29) is 12.4 Å². The summed E-state index contributed by atoms with van der Waals surface area (Å²) in [5.74, 6) is 2.79. The second-order valence-electron chi connectivity index (χ2n) is 4.92. The quantitative estimate of drug-likeness (QED) is 0.290. The predicted molar refractivity (Wildman–Crippen MR) is 93.6 cm³/mol. The van der Waals surface area contributed by atoms with Gasteiger partial charge in [-0.05, 0) is 13.0 Å². The number of hydrogen-bond donors (Lipinski definition) is 0. The molecule has 0 fully saturated rings. The molecule has 6 heteroatoms. The van der Waals surface area contributed by atoms with E-state index in [9.17, 15) is 4.79 Å². The summed E-state index contributed by atoms with van der Waals surface area (Å²) in [5.41, 5.74) is 0.802. The van der Waals surface area contributed by atoms with Crippen molar-refractivity contribution in [2.75, 3.05) is 52.9 Å². The second-order valence-corrected chi connectivity index (χ2v) is 4.92. The normalized spacial score (nSPS) is 10.2. The SMILES string of the molecule is C#CCOCCOCCOCCOc1ccccc1CC(=O)OCC. The monoisotopic (exact) mass is 350 g/mol. The topological polar surface area (TPSA) is 63.2 Å². The number of esters is 1. The largest absolute Gasteiger partial charge is 0.491 e. The first kappa shape index (κ1) is 21.0. The Morgan fingerprint density at radius 2 is 1.64 bits per heavy atom. The molecule has 0 aliphatic heterocycles. The number of terminal acetylenes is 1. The Hall–Kier alpha value is -2.07. The van der Waals surface area contributed by atoms with Crippen molar-refractivity contribution >= 4 is 5.97 Å². The van der Waals surface area contributed by atoms with Crippen molar-refractivity contribution in [2.24, 2.45) is 0 Å². The van der Waals surface area contributed by atoms with Crippen LogP contribution in [0.4, 0.5) is 0 Å². The Balaban J connectivity index is 2.12. The summed E-state index contributed by atoms with van der Waals surface area (Å²) < 4.78 is 26.5. The van der Waals surface area contributed by atoms with Gasteiger partial charge in [0.2, 0.25) is 0 Å². The highest BCUT2D eigenvalue weighted by Gasteiger charge is 2.09. The molecule has 0 saturated heterocycles. The van der Waals surface area contributed by atoms with Crippen LogP contribution in [-0.2, 0) is 30.2 Å². The van der Waals surface area contributed by atoms with E-state index in [1.807, 2.05) is 24.3 Å². The zero-order valence-electron chi connectivity index (χ0n) is 14.7. The van der Waals surface area contributed by atoms with Gasteiger partial charge in [-0.25, -0.2) is 0 Å². The summed E-state index contributed by atoms with van der Waals surface area (Å²) >= 11 is 0. The molecule has 0 heterocycles. The van der Waals surface area contributed by atoms with E-state index in [2.05, 4.69) is 5.92 Å². The third-order valence-corrected chi connectivity index (χ3v) is 3.03. The molecule has 0 bridgehead atoms. The minimum atomic E-state index is -0.266. The first-order chi connectivity index (χ1) is 12.3. The van der Waals surface area contributed by atoms with E-state index in [1.165, 1.54) is 0 Å². The van der Waals surface area contributed by atoms with Crippen LogP contribution in [0.3, 0.4) is 0 Å². The summed E-state index contributed by atoms with van der Waals surface area (Å²) in [7, 11) is 0. The average molecular weight is 350 g/mol. The fourth-order valence-corrected chi connectivity index (χ4v) is 1.94. The van der Waals surface area contributed by atoms with Crippen LogP contribution in [0.1, 0.15) is 12.5 Å². The van der Waals surface area contributed by atoms with Crippen LogP contribution < -0.4 is 4.74 Å². The number of benzene rings is 1. The van der Waals surface area contributed by atoms with E-state index < -0.39 is 0 Å². The third kappa shape index (κ3) is 10.4. The maximum absolute atomic E-state index is 11.6. The van der Waals surface area contributed by atoms with E-state index in [0.29, 0.717) is 58.6 Å². The van der Waals surface area contributed by atoms with Crippen LogP contribution >= 0.6 is 0 Å². The van der Waals surface area contributed by atoms with Crippen LogP contribution in [0.25, 0.3) is 0 Å².